The van der Waals surface area contributed by atoms with Crippen LogP contribution in [-0.4, -0.2) is 14.5 Å². The van der Waals surface area contributed by atoms with Crippen LogP contribution < -0.4 is 0 Å². The fraction of sp³-hybridized carbons (Fsp3) is 0.600. The maximum atomic E-state index is 6.32. The standard InChI is InChI=1S/C15H22ClN3/c1-9-7-8-17-14-12(9)18-13(10(2)16)19(14)11(3)15(4,5)6/h7-8,10-11H,1-6H3. The number of hydrogen-bond acceptors (Lipinski definition) is 2. The third kappa shape index (κ3) is 2.48. The fourth-order valence-electron chi connectivity index (χ4n) is 2.18. The van der Waals surface area contributed by atoms with E-state index in [1.165, 1.54) is 0 Å². The van der Waals surface area contributed by atoms with Gasteiger partial charge in [0.05, 0.1) is 5.38 Å². The number of halogens is 1. The number of alkyl halides is 1. The van der Waals surface area contributed by atoms with E-state index in [1.807, 2.05) is 19.2 Å². The van der Waals surface area contributed by atoms with Gasteiger partial charge < -0.3 is 4.57 Å². The summed E-state index contributed by atoms with van der Waals surface area (Å²) in [4.78, 5) is 9.24. The molecule has 0 aliphatic rings. The average Bonchev–Trinajstić information content (AvgIpc) is 2.67. The summed E-state index contributed by atoms with van der Waals surface area (Å²) < 4.78 is 2.19. The van der Waals surface area contributed by atoms with Crippen molar-refractivity contribution >= 4 is 22.8 Å². The minimum atomic E-state index is -0.126. The van der Waals surface area contributed by atoms with Gasteiger partial charge in [-0.15, -0.1) is 11.6 Å². The highest BCUT2D eigenvalue weighted by Gasteiger charge is 2.28. The largest absolute Gasteiger partial charge is 0.308 e. The summed E-state index contributed by atoms with van der Waals surface area (Å²) >= 11 is 6.32. The lowest BCUT2D eigenvalue weighted by Gasteiger charge is -2.30. The summed E-state index contributed by atoms with van der Waals surface area (Å²) in [6, 6.07) is 2.27. The van der Waals surface area contributed by atoms with E-state index in [0.29, 0.717) is 0 Å². The Labute approximate surface area is 120 Å². The first kappa shape index (κ1) is 14.3. The molecule has 0 saturated heterocycles. The van der Waals surface area contributed by atoms with Crippen LogP contribution in [0.3, 0.4) is 0 Å². The van der Waals surface area contributed by atoms with E-state index >= 15 is 0 Å². The highest BCUT2D eigenvalue weighted by atomic mass is 35.5. The quantitative estimate of drug-likeness (QED) is 0.750. The normalized spacial score (nSPS) is 15.7. The number of aryl methyl sites for hydroxylation is 1. The molecule has 104 valence electrons. The Bertz CT molecular complexity index is 593. The van der Waals surface area contributed by atoms with E-state index in [-0.39, 0.29) is 16.8 Å². The van der Waals surface area contributed by atoms with Gasteiger partial charge >= 0.3 is 0 Å². The van der Waals surface area contributed by atoms with Gasteiger partial charge in [0.15, 0.2) is 5.65 Å². The third-order valence-corrected chi connectivity index (χ3v) is 4.00. The second kappa shape index (κ2) is 4.78. The van der Waals surface area contributed by atoms with Crippen LogP contribution in [0, 0.1) is 12.3 Å². The Balaban J connectivity index is 2.76. The van der Waals surface area contributed by atoms with Crippen LogP contribution in [0.5, 0.6) is 0 Å². The summed E-state index contributed by atoms with van der Waals surface area (Å²) in [7, 11) is 0. The van der Waals surface area contributed by atoms with Crippen LogP contribution in [-0.2, 0) is 0 Å². The summed E-state index contributed by atoms with van der Waals surface area (Å²) in [5, 5.41) is -0.126. The molecule has 4 heteroatoms. The lowest BCUT2D eigenvalue weighted by molar-refractivity contribution is 0.261. The van der Waals surface area contributed by atoms with Crippen LogP contribution in [0.15, 0.2) is 12.3 Å². The van der Waals surface area contributed by atoms with Crippen molar-refractivity contribution in [3.63, 3.8) is 0 Å². The Morgan fingerprint density at radius 1 is 1.26 bits per heavy atom. The second-order valence-electron chi connectivity index (χ2n) is 6.30. The van der Waals surface area contributed by atoms with E-state index in [0.717, 1.165) is 22.6 Å². The Morgan fingerprint density at radius 2 is 1.89 bits per heavy atom. The minimum Gasteiger partial charge on any atom is -0.308 e. The second-order valence-corrected chi connectivity index (χ2v) is 6.95. The van der Waals surface area contributed by atoms with Crippen molar-refractivity contribution in [2.45, 2.75) is 53.0 Å². The molecule has 3 nitrogen and oxygen atoms in total. The van der Waals surface area contributed by atoms with Crippen molar-refractivity contribution in [1.82, 2.24) is 14.5 Å². The molecule has 0 bridgehead atoms. The van der Waals surface area contributed by atoms with E-state index in [9.17, 15) is 0 Å². The number of aromatic nitrogens is 3. The van der Waals surface area contributed by atoms with E-state index in [1.54, 1.807) is 0 Å². The molecule has 0 fully saturated rings. The lowest BCUT2D eigenvalue weighted by atomic mass is 9.87. The van der Waals surface area contributed by atoms with Crippen LogP contribution >= 0.6 is 11.6 Å². The minimum absolute atomic E-state index is 0.125. The number of fused-ring (bicyclic) bond motifs is 1. The number of nitrogens with zero attached hydrogens (tertiary/aromatic N) is 3. The zero-order chi connectivity index (χ0) is 14.4. The SMILES string of the molecule is Cc1ccnc2c1nc(C(C)Cl)n2C(C)C(C)(C)C. The molecule has 0 radical (unpaired) electrons. The molecular formula is C15H22ClN3. The maximum Gasteiger partial charge on any atom is 0.160 e. The van der Waals surface area contributed by atoms with Crippen LogP contribution in [0.4, 0.5) is 0 Å². The van der Waals surface area contributed by atoms with Gasteiger partial charge in [-0.05, 0) is 37.8 Å². The monoisotopic (exact) mass is 279 g/mol. The number of imidazole rings is 1. The molecule has 2 aromatic rings. The van der Waals surface area contributed by atoms with Gasteiger partial charge in [-0.2, -0.15) is 0 Å². The van der Waals surface area contributed by atoms with Gasteiger partial charge in [0.25, 0.3) is 0 Å². The fourth-order valence-corrected chi connectivity index (χ4v) is 2.33. The molecule has 0 spiro atoms. The smallest absolute Gasteiger partial charge is 0.160 e. The average molecular weight is 280 g/mol. The number of hydrogen-bond donors (Lipinski definition) is 0. The highest BCUT2D eigenvalue weighted by Crippen LogP contribution is 2.36. The zero-order valence-electron chi connectivity index (χ0n) is 12.5. The van der Waals surface area contributed by atoms with Crippen LogP contribution in [0.25, 0.3) is 11.2 Å². The first-order chi connectivity index (χ1) is 8.73. The van der Waals surface area contributed by atoms with Crippen molar-refractivity contribution in [3.05, 3.63) is 23.7 Å². The van der Waals surface area contributed by atoms with Crippen LogP contribution in [0.1, 0.15) is 57.4 Å². The molecule has 0 saturated carbocycles. The van der Waals surface area contributed by atoms with Gasteiger partial charge in [0.1, 0.15) is 11.3 Å². The first-order valence-corrected chi connectivity index (χ1v) is 7.14. The lowest BCUT2D eigenvalue weighted by Crippen LogP contribution is -2.23. The molecule has 19 heavy (non-hydrogen) atoms. The predicted molar refractivity (Wildman–Crippen MR) is 80.7 cm³/mol. The van der Waals surface area contributed by atoms with Gasteiger partial charge in [0, 0.05) is 12.2 Å². The zero-order valence-corrected chi connectivity index (χ0v) is 13.3. The highest BCUT2D eigenvalue weighted by molar-refractivity contribution is 6.20. The Kier molecular flexibility index (Phi) is 3.61. The molecule has 0 N–H and O–H groups in total. The van der Waals surface area contributed by atoms with E-state index < -0.39 is 0 Å². The molecule has 2 atom stereocenters. The Hall–Kier alpha value is -1.09. The summed E-state index contributed by atoms with van der Waals surface area (Å²) in [6.45, 7) is 12.9. The molecule has 0 aliphatic heterocycles. The molecule has 0 aromatic carbocycles. The number of pyridine rings is 1. The summed E-state index contributed by atoms with van der Waals surface area (Å²) in [6.07, 6.45) is 1.84. The molecular weight excluding hydrogens is 258 g/mol. The molecule has 0 amide bonds. The predicted octanol–water partition coefficient (Wildman–Crippen LogP) is 4.65. The van der Waals surface area contributed by atoms with E-state index in [4.69, 9.17) is 16.6 Å². The van der Waals surface area contributed by atoms with Crippen LogP contribution in [0.2, 0.25) is 0 Å². The van der Waals surface area contributed by atoms with Gasteiger partial charge in [-0.1, -0.05) is 20.8 Å². The van der Waals surface area contributed by atoms with E-state index in [2.05, 4.69) is 44.2 Å². The first-order valence-electron chi connectivity index (χ1n) is 6.71. The van der Waals surface area contributed by atoms with Crippen molar-refractivity contribution in [3.8, 4) is 0 Å². The topological polar surface area (TPSA) is 30.7 Å². The van der Waals surface area contributed by atoms with Crippen molar-refractivity contribution < 1.29 is 0 Å². The molecule has 0 aliphatic carbocycles. The molecule has 2 heterocycles. The van der Waals surface area contributed by atoms with Gasteiger partial charge in [0.2, 0.25) is 0 Å². The van der Waals surface area contributed by atoms with Crippen molar-refractivity contribution in [1.29, 1.82) is 0 Å². The summed E-state index contributed by atoms with van der Waals surface area (Å²) in [5.74, 6) is 0.904. The molecule has 2 rings (SSSR count). The third-order valence-electron chi connectivity index (χ3n) is 3.80. The maximum absolute atomic E-state index is 6.32. The molecule has 2 aromatic heterocycles. The summed E-state index contributed by atoms with van der Waals surface area (Å²) in [5.41, 5.74) is 3.16. The van der Waals surface area contributed by atoms with Gasteiger partial charge in [-0.3, -0.25) is 0 Å². The number of rotatable bonds is 2. The molecule has 2 unspecified atom stereocenters. The van der Waals surface area contributed by atoms with Crippen molar-refractivity contribution in [2.24, 2.45) is 5.41 Å². The van der Waals surface area contributed by atoms with Gasteiger partial charge in [-0.25, -0.2) is 9.97 Å². The van der Waals surface area contributed by atoms with Crippen molar-refractivity contribution in [2.75, 3.05) is 0 Å². The Morgan fingerprint density at radius 3 is 2.42 bits per heavy atom.